The van der Waals surface area contributed by atoms with E-state index in [1.54, 1.807) is 35.6 Å². The van der Waals surface area contributed by atoms with Crippen molar-refractivity contribution >= 4 is 6.34 Å². The third-order valence-corrected chi connectivity index (χ3v) is 4.15. The Labute approximate surface area is 159 Å². The molecule has 0 aromatic carbocycles. The second kappa shape index (κ2) is 10.3. The lowest BCUT2D eigenvalue weighted by molar-refractivity contribution is -0.199. The van der Waals surface area contributed by atoms with E-state index in [1.165, 1.54) is 6.08 Å². The van der Waals surface area contributed by atoms with Crippen molar-refractivity contribution in [3.8, 4) is 0 Å². The molecule has 1 rings (SSSR count). The van der Waals surface area contributed by atoms with Gasteiger partial charge in [0.25, 0.3) is 0 Å². The van der Waals surface area contributed by atoms with Crippen LogP contribution >= 0.6 is 0 Å². The van der Waals surface area contributed by atoms with Gasteiger partial charge in [0.1, 0.15) is 12.6 Å². The highest BCUT2D eigenvalue weighted by molar-refractivity contribution is 5.55. The summed E-state index contributed by atoms with van der Waals surface area (Å²) in [6.45, 7) is 13.3. The molecule has 0 saturated carbocycles. The van der Waals surface area contributed by atoms with Crippen LogP contribution in [-0.2, 0) is 4.74 Å². The van der Waals surface area contributed by atoms with Crippen molar-refractivity contribution in [2.45, 2.75) is 45.0 Å². The van der Waals surface area contributed by atoms with E-state index in [1.807, 2.05) is 6.92 Å². The zero-order valence-electron chi connectivity index (χ0n) is 16.3. The first-order valence-electron chi connectivity index (χ1n) is 8.80. The van der Waals surface area contributed by atoms with Gasteiger partial charge < -0.3 is 4.74 Å². The van der Waals surface area contributed by atoms with Crippen LogP contribution in [0.4, 0.5) is 13.2 Å². The van der Waals surface area contributed by atoms with Gasteiger partial charge in [0, 0.05) is 37.7 Å². The second-order valence-corrected chi connectivity index (χ2v) is 6.24. The lowest BCUT2D eigenvalue weighted by atomic mass is 10.1. The van der Waals surface area contributed by atoms with E-state index in [4.69, 9.17) is 4.74 Å². The number of alkyl halides is 3. The molecule has 0 aromatic heterocycles. The lowest BCUT2D eigenvalue weighted by Crippen LogP contribution is -2.53. The number of allylic oxidation sites excluding steroid dienone is 4. The summed E-state index contributed by atoms with van der Waals surface area (Å²) in [6, 6.07) is 0. The number of hydrogen-bond donors (Lipinski definition) is 0. The van der Waals surface area contributed by atoms with Crippen LogP contribution in [0.2, 0.25) is 0 Å². The molecule has 5 nitrogen and oxygen atoms in total. The van der Waals surface area contributed by atoms with E-state index >= 15 is 0 Å². The zero-order chi connectivity index (χ0) is 20.6. The topological polar surface area (TPSA) is 31.3 Å². The fraction of sp³-hybridized carbons (Fsp3) is 0.526. The Bertz CT molecular complexity index is 592. The Kier molecular flexibility index (Phi) is 8.78. The molecule has 0 N–H and O–H groups in total. The molecule has 0 aliphatic carbocycles. The molecule has 0 radical (unpaired) electrons. The lowest BCUT2D eigenvalue weighted by Gasteiger charge is -2.44. The van der Waals surface area contributed by atoms with Crippen LogP contribution < -0.4 is 0 Å². The standard InChI is InChI=1S/C19H29F3N4O/c1-7-16(3)23-14-24(5)25(6)26(18-10-8-9-13-27-18)17(4)12-11-15(2)19(20,21)22/h11-12,14,18H,2-4,7-10,13H2,1,5-6H3/b12-11-,23-14-. The molecule has 0 amide bonds. The normalized spacial score (nSPS) is 18.3. The zero-order valence-corrected chi connectivity index (χ0v) is 16.3. The van der Waals surface area contributed by atoms with E-state index in [-0.39, 0.29) is 6.23 Å². The maximum absolute atomic E-state index is 12.7. The van der Waals surface area contributed by atoms with Gasteiger partial charge in [0.15, 0.2) is 0 Å². The summed E-state index contributed by atoms with van der Waals surface area (Å²) < 4.78 is 43.9. The van der Waals surface area contributed by atoms with Gasteiger partial charge in [-0.15, -0.1) is 5.12 Å². The molecular formula is C19H29F3N4O. The van der Waals surface area contributed by atoms with Crippen molar-refractivity contribution in [1.29, 1.82) is 0 Å². The smallest absolute Gasteiger partial charge is 0.357 e. The third-order valence-electron chi connectivity index (χ3n) is 4.15. The average Bonchev–Trinajstić information content (AvgIpc) is 2.63. The van der Waals surface area contributed by atoms with Crippen molar-refractivity contribution in [1.82, 2.24) is 15.1 Å². The monoisotopic (exact) mass is 386 g/mol. The van der Waals surface area contributed by atoms with Crippen molar-refractivity contribution < 1.29 is 17.9 Å². The van der Waals surface area contributed by atoms with Gasteiger partial charge in [-0.1, -0.05) is 26.7 Å². The molecule has 0 spiro atoms. The summed E-state index contributed by atoms with van der Waals surface area (Å²) in [5.41, 5.74) is 0.130. The minimum absolute atomic E-state index is 0.328. The molecule has 1 heterocycles. The molecular weight excluding hydrogens is 357 g/mol. The Morgan fingerprint density at radius 1 is 1.19 bits per heavy atom. The van der Waals surface area contributed by atoms with Crippen LogP contribution in [0, 0.1) is 0 Å². The first kappa shape index (κ1) is 23.0. The van der Waals surface area contributed by atoms with Gasteiger partial charge in [-0.25, -0.2) is 4.99 Å². The predicted molar refractivity (Wildman–Crippen MR) is 102 cm³/mol. The van der Waals surface area contributed by atoms with Crippen molar-refractivity contribution in [2.75, 3.05) is 20.7 Å². The highest BCUT2D eigenvalue weighted by Gasteiger charge is 2.31. The van der Waals surface area contributed by atoms with Crippen LogP contribution in [-0.4, -0.2) is 54.6 Å². The maximum atomic E-state index is 12.7. The van der Waals surface area contributed by atoms with Crippen LogP contribution in [0.5, 0.6) is 0 Å². The molecule has 27 heavy (non-hydrogen) atoms. The predicted octanol–water partition coefficient (Wildman–Crippen LogP) is 4.65. The molecule has 1 saturated heterocycles. The minimum atomic E-state index is -4.47. The largest absolute Gasteiger partial charge is 0.415 e. The molecule has 1 aliphatic heterocycles. The number of hydrazine groups is 2. The molecule has 1 atom stereocenters. The van der Waals surface area contributed by atoms with Crippen molar-refractivity contribution in [3.63, 3.8) is 0 Å². The molecule has 0 aromatic rings. The molecule has 0 bridgehead atoms. The van der Waals surface area contributed by atoms with E-state index in [0.29, 0.717) is 12.3 Å². The Morgan fingerprint density at radius 3 is 2.37 bits per heavy atom. The highest BCUT2D eigenvalue weighted by Crippen LogP contribution is 2.27. The van der Waals surface area contributed by atoms with Gasteiger partial charge in [0.05, 0.1) is 0 Å². The second-order valence-electron chi connectivity index (χ2n) is 6.24. The van der Waals surface area contributed by atoms with Crippen LogP contribution in [0.1, 0.15) is 32.6 Å². The summed E-state index contributed by atoms with van der Waals surface area (Å²) in [6.07, 6.45) is 2.37. The number of ether oxygens (including phenoxy) is 1. The summed E-state index contributed by atoms with van der Waals surface area (Å²) in [5.74, 6) is 0. The van der Waals surface area contributed by atoms with Gasteiger partial charge in [-0.2, -0.15) is 13.2 Å². The average molecular weight is 386 g/mol. The number of hydrogen-bond acceptors (Lipinski definition) is 4. The fourth-order valence-corrected chi connectivity index (χ4v) is 2.32. The maximum Gasteiger partial charge on any atom is 0.415 e. The van der Waals surface area contributed by atoms with Crippen LogP contribution in [0.3, 0.4) is 0 Å². The van der Waals surface area contributed by atoms with Gasteiger partial charge in [0.2, 0.25) is 0 Å². The van der Waals surface area contributed by atoms with Gasteiger partial charge in [-0.3, -0.25) is 10.0 Å². The van der Waals surface area contributed by atoms with Crippen LogP contribution in [0.15, 0.2) is 53.8 Å². The summed E-state index contributed by atoms with van der Waals surface area (Å²) >= 11 is 0. The SMILES string of the molecule is C=C(CC)/N=C\N(C)N(C)N(C(=C)/C=C\C(=C)C(F)(F)F)C1CCCCO1. The molecule has 1 unspecified atom stereocenters. The quantitative estimate of drug-likeness (QED) is 0.250. The van der Waals surface area contributed by atoms with Gasteiger partial charge in [-0.05, 0) is 37.8 Å². The number of rotatable bonds is 9. The van der Waals surface area contributed by atoms with Gasteiger partial charge >= 0.3 is 6.18 Å². The Hall–Kier alpha value is -2.06. The molecule has 1 fully saturated rings. The molecule has 8 heteroatoms. The Morgan fingerprint density at radius 2 is 1.85 bits per heavy atom. The van der Waals surface area contributed by atoms with E-state index in [9.17, 15) is 13.2 Å². The number of nitrogens with zero attached hydrogens (tertiary/aromatic N) is 4. The van der Waals surface area contributed by atoms with Crippen molar-refractivity contribution in [2.24, 2.45) is 4.99 Å². The number of halogens is 3. The fourth-order valence-electron chi connectivity index (χ4n) is 2.32. The van der Waals surface area contributed by atoms with Crippen molar-refractivity contribution in [3.05, 3.63) is 48.9 Å². The highest BCUT2D eigenvalue weighted by atomic mass is 19.4. The number of aliphatic imine (C=N–C) groups is 1. The molecule has 152 valence electrons. The first-order chi connectivity index (χ1) is 12.6. The first-order valence-corrected chi connectivity index (χ1v) is 8.80. The van der Waals surface area contributed by atoms with E-state index in [0.717, 1.165) is 37.5 Å². The van der Waals surface area contributed by atoms with E-state index in [2.05, 4.69) is 24.7 Å². The van der Waals surface area contributed by atoms with E-state index < -0.39 is 11.7 Å². The minimum Gasteiger partial charge on any atom is -0.357 e. The third kappa shape index (κ3) is 7.22. The summed E-state index contributed by atoms with van der Waals surface area (Å²) in [5, 5.41) is 5.10. The summed E-state index contributed by atoms with van der Waals surface area (Å²) in [4.78, 5) is 4.24. The molecule has 1 aliphatic rings. The van der Waals surface area contributed by atoms with Crippen LogP contribution in [0.25, 0.3) is 0 Å². The Balaban J connectivity index is 2.99. The summed E-state index contributed by atoms with van der Waals surface area (Å²) in [7, 11) is 3.53.